The highest BCUT2D eigenvalue weighted by Gasteiger charge is 2.22. The minimum absolute atomic E-state index is 0.190. The molecule has 0 heterocycles. The van der Waals surface area contributed by atoms with Crippen molar-refractivity contribution in [1.82, 2.24) is 0 Å². The molecule has 0 radical (unpaired) electrons. The molecule has 0 spiro atoms. The minimum atomic E-state index is -4.76. The number of carbonyl (C=O) groups excluding carboxylic acids is 2. The first-order valence-electron chi connectivity index (χ1n) is 18.4. The van der Waals surface area contributed by atoms with Gasteiger partial charge in [0.25, 0.3) is 0 Å². The lowest BCUT2D eigenvalue weighted by molar-refractivity contribution is -0.161. The van der Waals surface area contributed by atoms with Crippen molar-refractivity contribution in [2.45, 2.75) is 168 Å². The fourth-order valence-corrected chi connectivity index (χ4v) is 5.15. The number of carbonyl (C=O) groups is 2. The lowest BCUT2D eigenvalue weighted by Crippen LogP contribution is -2.29. The number of allylic oxidation sites excluding steroid dienone is 8. The van der Waals surface area contributed by atoms with Crippen molar-refractivity contribution in [2.24, 2.45) is 0 Å². The summed E-state index contributed by atoms with van der Waals surface area (Å²) in [6.45, 7) is 3.58. The van der Waals surface area contributed by atoms with Crippen LogP contribution in [0.5, 0.6) is 0 Å². The van der Waals surface area contributed by atoms with Crippen LogP contribution in [0.2, 0.25) is 0 Å². The van der Waals surface area contributed by atoms with E-state index < -0.39 is 32.5 Å². The van der Waals surface area contributed by atoms with Crippen LogP contribution in [0, 0.1) is 0 Å². The van der Waals surface area contributed by atoms with Gasteiger partial charge in [0.15, 0.2) is 6.10 Å². The number of hydrogen-bond donors (Lipinski definition) is 2. The van der Waals surface area contributed by atoms with Crippen LogP contribution in [0.25, 0.3) is 0 Å². The van der Waals surface area contributed by atoms with Gasteiger partial charge in [-0.3, -0.25) is 14.1 Å². The summed E-state index contributed by atoms with van der Waals surface area (Å²) in [6.07, 6.45) is 39.7. The highest BCUT2D eigenvalue weighted by Crippen LogP contribution is 2.36. The molecule has 0 amide bonds. The van der Waals surface area contributed by atoms with Crippen LogP contribution in [-0.2, 0) is 28.2 Å². The predicted octanol–water partition coefficient (Wildman–Crippen LogP) is 10.8. The van der Waals surface area contributed by atoms with Gasteiger partial charge in [0.1, 0.15) is 6.61 Å². The second-order valence-corrected chi connectivity index (χ2v) is 13.5. The summed E-state index contributed by atoms with van der Waals surface area (Å²) >= 11 is 0. The number of rotatable bonds is 33. The van der Waals surface area contributed by atoms with Gasteiger partial charge >= 0.3 is 19.8 Å². The van der Waals surface area contributed by atoms with Gasteiger partial charge in [-0.2, -0.15) is 0 Å². The number of phosphoric acid groups is 1. The Labute approximate surface area is 286 Å². The van der Waals surface area contributed by atoms with Gasteiger partial charge < -0.3 is 19.3 Å². The molecule has 272 valence electrons. The van der Waals surface area contributed by atoms with E-state index in [-0.39, 0.29) is 19.4 Å². The second-order valence-electron chi connectivity index (χ2n) is 12.2. The van der Waals surface area contributed by atoms with E-state index in [1.54, 1.807) is 0 Å². The number of unbranched alkanes of at least 4 members (excludes halogenated alkanes) is 16. The van der Waals surface area contributed by atoms with Crippen molar-refractivity contribution in [3.05, 3.63) is 48.6 Å². The van der Waals surface area contributed by atoms with E-state index in [4.69, 9.17) is 19.3 Å². The molecular formula is C38H67O8P. The Kier molecular flexibility index (Phi) is 32.5. The van der Waals surface area contributed by atoms with Gasteiger partial charge in [0.2, 0.25) is 0 Å². The van der Waals surface area contributed by atoms with E-state index in [2.05, 4.69) is 67.0 Å². The zero-order valence-electron chi connectivity index (χ0n) is 29.7. The molecule has 0 unspecified atom stereocenters. The molecule has 0 aliphatic rings. The second kappa shape index (κ2) is 33.9. The molecule has 0 aliphatic carbocycles. The topological polar surface area (TPSA) is 119 Å². The molecule has 0 bridgehead atoms. The molecule has 2 N–H and O–H groups in total. The van der Waals surface area contributed by atoms with Gasteiger partial charge in [-0.1, -0.05) is 133 Å². The van der Waals surface area contributed by atoms with Crippen LogP contribution in [0.1, 0.15) is 162 Å². The molecule has 0 aliphatic heterocycles. The number of hydrogen-bond acceptors (Lipinski definition) is 6. The van der Waals surface area contributed by atoms with E-state index in [1.807, 2.05) is 0 Å². The van der Waals surface area contributed by atoms with Crippen molar-refractivity contribution >= 4 is 19.8 Å². The van der Waals surface area contributed by atoms with Gasteiger partial charge in [0, 0.05) is 12.8 Å². The van der Waals surface area contributed by atoms with E-state index in [9.17, 15) is 14.2 Å². The van der Waals surface area contributed by atoms with Crippen LogP contribution in [0.3, 0.4) is 0 Å². The largest absolute Gasteiger partial charge is 0.469 e. The number of ether oxygens (including phenoxy) is 2. The number of phosphoric ester groups is 1. The number of esters is 2. The lowest BCUT2D eigenvalue weighted by Gasteiger charge is -2.18. The molecule has 0 fully saturated rings. The van der Waals surface area contributed by atoms with Crippen molar-refractivity contribution in [1.29, 1.82) is 0 Å². The Morgan fingerprint density at radius 2 is 1.04 bits per heavy atom. The molecular weight excluding hydrogens is 615 g/mol. The van der Waals surface area contributed by atoms with E-state index in [0.717, 1.165) is 83.5 Å². The SMILES string of the molecule is CCCC/C=C/C/C=C/CCCCCCCC(=O)OC[C@H](COP(=O)(O)O)OC(=O)CCCCCCC/C=C/C=C/CCCCCC. The molecule has 0 aromatic rings. The maximum absolute atomic E-state index is 12.3. The van der Waals surface area contributed by atoms with Crippen LogP contribution in [0.15, 0.2) is 48.6 Å². The summed E-state index contributed by atoms with van der Waals surface area (Å²) in [5.41, 5.74) is 0. The maximum Gasteiger partial charge on any atom is 0.469 e. The zero-order valence-corrected chi connectivity index (χ0v) is 30.6. The standard InChI is InChI=1S/C38H67O8P/c1-3-5-7-9-11-13-15-17-19-21-23-25-27-29-31-33-38(40)46-36(35-45-47(41,42)43)34-44-37(39)32-30-28-26-24-22-20-18-16-14-12-10-8-6-4-2/h10,12-13,15-19,36H,3-9,11,14,20-35H2,1-2H3,(H2,41,42,43)/b12-10+,15-13+,18-16+,19-17+/t36-/m1/s1. The maximum atomic E-state index is 12.3. The lowest BCUT2D eigenvalue weighted by atomic mass is 10.1. The highest BCUT2D eigenvalue weighted by molar-refractivity contribution is 7.46. The minimum Gasteiger partial charge on any atom is -0.462 e. The Hall–Kier alpha value is -1.99. The van der Waals surface area contributed by atoms with Crippen molar-refractivity contribution in [3.8, 4) is 0 Å². The third kappa shape index (κ3) is 36.7. The molecule has 0 saturated carbocycles. The zero-order chi connectivity index (χ0) is 34.7. The first-order valence-corrected chi connectivity index (χ1v) is 20.0. The molecule has 1 atom stereocenters. The Balaban J connectivity index is 4.04. The molecule has 0 saturated heterocycles. The molecule has 47 heavy (non-hydrogen) atoms. The smallest absolute Gasteiger partial charge is 0.462 e. The first-order chi connectivity index (χ1) is 22.8. The van der Waals surface area contributed by atoms with Crippen LogP contribution in [-0.4, -0.2) is 41.0 Å². The van der Waals surface area contributed by atoms with Crippen LogP contribution in [0.4, 0.5) is 0 Å². The summed E-state index contributed by atoms with van der Waals surface area (Å²) in [7, 11) is -4.76. The van der Waals surface area contributed by atoms with Gasteiger partial charge in [0.05, 0.1) is 6.61 Å². The average Bonchev–Trinajstić information content (AvgIpc) is 3.03. The van der Waals surface area contributed by atoms with Gasteiger partial charge in [-0.05, 0) is 64.2 Å². The average molecular weight is 683 g/mol. The monoisotopic (exact) mass is 682 g/mol. The molecule has 0 aromatic heterocycles. The van der Waals surface area contributed by atoms with Crippen molar-refractivity contribution in [2.75, 3.05) is 13.2 Å². The third-order valence-corrected chi connectivity index (χ3v) is 8.08. The summed E-state index contributed by atoms with van der Waals surface area (Å²) in [5, 5.41) is 0. The summed E-state index contributed by atoms with van der Waals surface area (Å²) in [5.74, 6) is -0.923. The quantitative estimate of drug-likeness (QED) is 0.0231. The van der Waals surface area contributed by atoms with Crippen LogP contribution < -0.4 is 0 Å². The third-order valence-electron chi connectivity index (χ3n) is 7.60. The Morgan fingerprint density at radius 3 is 1.60 bits per heavy atom. The van der Waals surface area contributed by atoms with Crippen LogP contribution >= 0.6 is 7.82 Å². The van der Waals surface area contributed by atoms with E-state index in [0.29, 0.717) is 12.8 Å². The van der Waals surface area contributed by atoms with Gasteiger partial charge in [-0.25, -0.2) is 4.57 Å². The Morgan fingerprint density at radius 1 is 0.574 bits per heavy atom. The summed E-state index contributed by atoms with van der Waals surface area (Å²) < 4.78 is 26.3. The summed E-state index contributed by atoms with van der Waals surface area (Å²) in [4.78, 5) is 42.6. The molecule has 0 rings (SSSR count). The van der Waals surface area contributed by atoms with Crippen molar-refractivity contribution in [3.63, 3.8) is 0 Å². The highest BCUT2D eigenvalue weighted by atomic mass is 31.2. The normalized spacial score (nSPS) is 13.0. The fourth-order valence-electron chi connectivity index (χ4n) is 4.79. The summed E-state index contributed by atoms with van der Waals surface area (Å²) in [6, 6.07) is 0. The Bertz CT molecular complexity index is 905. The predicted molar refractivity (Wildman–Crippen MR) is 193 cm³/mol. The molecule has 0 aromatic carbocycles. The van der Waals surface area contributed by atoms with E-state index >= 15 is 0 Å². The van der Waals surface area contributed by atoms with E-state index in [1.165, 1.54) is 38.5 Å². The fraction of sp³-hybridized carbons (Fsp3) is 0.737. The molecule has 9 heteroatoms. The first kappa shape index (κ1) is 45.0. The molecule has 8 nitrogen and oxygen atoms in total. The van der Waals surface area contributed by atoms with Crippen molar-refractivity contribution < 1.29 is 37.9 Å². The van der Waals surface area contributed by atoms with Gasteiger partial charge in [-0.15, -0.1) is 0 Å².